The number of aromatic nitrogens is 1. The highest BCUT2D eigenvalue weighted by molar-refractivity contribution is 7.91. The van der Waals surface area contributed by atoms with Crippen LogP contribution in [0.3, 0.4) is 0 Å². The Hall–Kier alpha value is -2.47. The van der Waals surface area contributed by atoms with Crippen LogP contribution in [0.4, 0.5) is 26.3 Å². The van der Waals surface area contributed by atoms with Crippen molar-refractivity contribution in [3.8, 4) is 5.75 Å². The van der Waals surface area contributed by atoms with E-state index < -0.39 is 57.1 Å². The number of ether oxygens (including phenoxy) is 1. The Morgan fingerprint density at radius 3 is 2.04 bits per heavy atom. The highest BCUT2D eigenvalue weighted by Gasteiger charge is 2.49. The minimum absolute atomic E-state index is 0.254. The predicted octanol–water partition coefficient (Wildman–Crippen LogP) is 3.78. The quantitative estimate of drug-likeness (QED) is 0.471. The predicted molar refractivity (Wildman–Crippen MR) is 78.4 cm³/mol. The lowest BCUT2D eigenvalue weighted by molar-refractivity contribution is -0.152. The third-order valence-electron chi connectivity index (χ3n) is 3.20. The van der Waals surface area contributed by atoms with E-state index in [2.05, 4.69) is 9.72 Å². The molecule has 27 heavy (non-hydrogen) atoms. The molecule has 1 unspecified atom stereocenters. The van der Waals surface area contributed by atoms with E-state index in [1.54, 1.807) is 0 Å². The van der Waals surface area contributed by atoms with Gasteiger partial charge in [-0.3, -0.25) is 0 Å². The molecule has 1 heterocycles. The van der Waals surface area contributed by atoms with E-state index in [4.69, 9.17) is 0 Å². The van der Waals surface area contributed by atoms with Gasteiger partial charge in [0.1, 0.15) is 5.56 Å². The van der Waals surface area contributed by atoms with Crippen molar-refractivity contribution in [1.82, 2.24) is 4.98 Å². The van der Waals surface area contributed by atoms with Gasteiger partial charge >= 0.3 is 18.3 Å². The van der Waals surface area contributed by atoms with Gasteiger partial charge in [0.15, 0.2) is 16.3 Å². The van der Waals surface area contributed by atoms with Crippen molar-refractivity contribution in [1.29, 1.82) is 0 Å². The monoisotopic (exact) mass is 413 g/mol. The number of alkyl halides is 6. The van der Waals surface area contributed by atoms with Gasteiger partial charge in [-0.25, -0.2) is 9.78 Å². The Labute approximate surface area is 150 Å². The minimum Gasteiger partial charge on any atom is -0.606 e. The maximum absolute atomic E-state index is 13.3. The molecule has 0 aliphatic rings. The van der Waals surface area contributed by atoms with E-state index in [1.807, 2.05) is 0 Å². The van der Waals surface area contributed by atoms with Gasteiger partial charge in [-0.1, -0.05) is 18.2 Å². The van der Waals surface area contributed by atoms with E-state index >= 15 is 0 Å². The first-order valence-corrected chi connectivity index (χ1v) is 8.01. The lowest BCUT2D eigenvalue weighted by Crippen LogP contribution is -2.24. The topological polar surface area (TPSA) is 82.5 Å². The molecule has 1 atom stereocenters. The number of methoxy groups -OCH3 is 1. The zero-order valence-electron chi connectivity index (χ0n) is 13.2. The highest BCUT2D eigenvalue weighted by Crippen LogP contribution is 2.45. The second kappa shape index (κ2) is 7.27. The van der Waals surface area contributed by atoms with Crippen molar-refractivity contribution in [2.24, 2.45) is 0 Å². The number of rotatable bonds is 3. The molecule has 2 rings (SSSR count). The first-order valence-electron chi connectivity index (χ1n) is 6.86. The molecular weight excluding hydrogens is 404 g/mol. The molecule has 0 saturated heterocycles. The molecule has 1 aromatic carbocycles. The molecular formula is C15H9F6NO4S. The number of halogens is 6. The van der Waals surface area contributed by atoms with E-state index in [0.717, 1.165) is 12.1 Å². The number of esters is 1. The van der Waals surface area contributed by atoms with Crippen molar-refractivity contribution in [2.75, 3.05) is 7.11 Å². The lowest BCUT2D eigenvalue weighted by Gasteiger charge is -2.20. The molecule has 1 aromatic heterocycles. The van der Waals surface area contributed by atoms with Crippen LogP contribution in [0.1, 0.15) is 21.7 Å². The van der Waals surface area contributed by atoms with E-state index in [1.165, 1.54) is 18.2 Å². The third-order valence-corrected chi connectivity index (χ3v) is 4.65. The van der Waals surface area contributed by atoms with Gasteiger partial charge in [-0.15, -0.1) is 0 Å². The van der Waals surface area contributed by atoms with Crippen molar-refractivity contribution < 1.29 is 45.5 Å². The highest BCUT2D eigenvalue weighted by atomic mass is 32.2. The Kier molecular flexibility index (Phi) is 5.61. The number of nitrogens with zero attached hydrogens (tertiary/aromatic N) is 1. The molecule has 0 spiro atoms. The molecule has 146 valence electrons. The lowest BCUT2D eigenvalue weighted by atomic mass is 10.1. The third kappa shape index (κ3) is 4.11. The molecule has 0 aliphatic heterocycles. The van der Waals surface area contributed by atoms with Gasteiger partial charge in [-0.05, 0) is 12.1 Å². The average Bonchev–Trinajstić information content (AvgIpc) is 2.58. The molecule has 0 aliphatic carbocycles. The summed E-state index contributed by atoms with van der Waals surface area (Å²) in [5.74, 6) is -3.55. The van der Waals surface area contributed by atoms with Crippen LogP contribution in [0, 0.1) is 0 Å². The maximum Gasteiger partial charge on any atom is 0.438 e. The number of hydrogen-bond donors (Lipinski definition) is 1. The summed E-state index contributed by atoms with van der Waals surface area (Å²) in [4.78, 5) is 12.4. The second-order valence-electron chi connectivity index (χ2n) is 4.93. The van der Waals surface area contributed by atoms with E-state index in [9.17, 15) is 40.8 Å². The van der Waals surface area contributed by atoms with Gasteiger partial charge < -0.3 is 14.4 Å². The number of benzene rings is 1. The van der Waals surface area contributed by atoms with Gasteiger partial charge in [0, 0.05) is 11.2 Å². The summed E-state index contributed by atoms with van der Waals surface area (Å²) >= 11 is -2.79. The van der Waals surface area contributed by atoms with Crippen LogP contribution in [0.5, 0.6) is 5.75 Å². The van der Waals surface area contributed by atoms with Crippen molar-refractivity contribution in [2.45, 2.75) is 22.1 Å². The van der Waals surface area contributed by atoms with Crippen LogP contribution < -0.4 is 0 Å². The molecule has 2 aromatic rings. The van der Waals surface area contributed by atoms with Gasteiger partial charge in [0.05, 0.1) is 7.11 Å². The Morgan fingerprint density at radius 2 is 1.59 bits per heavy atom. The summed E-state index contributed by atoms with van der Waals surface area (Å²) in [6.45, 7) is 0. The molecule has 12 heteroatoms. The van der Waals surface area contributed by atoms with Crippen LogP contribution in [0.15, 0.2) is 40.1 Å². The van der Waals surface area contributed by atoms with Crippen LogP contribution in [-0.2, 0) is 28.3 Å². The summed E-state index contributed by atoms with van der Waals surface area (Å²) < 4.78 is 95.9. The van der Waals surface area contributed by atoms with Gasteiger partial charge in [0.25, 0.3) is 0 Å². The van der Waals surface area contributed by atoms with Crippen molar-refractivity contribution in [3.63, 3.8) is 0 Å². The second-order valence-corrected chi connectivity index (χ2v) is 6.35. The molecule has 0 bridgehead atoms. The average molecular weight is 413 g/mol. The fourth-order valence-electron chi connectivity index (χ4n) is 2.09. The molecule has 5 nitrogen and oxygen atoms in total. The number of carbonyl (C=O) groups is 1. The molecule has 1 N–H and O–H groups in total. The summed E-state index contributed by atoms with van der Waals surface area (Å²) in [5.41, 5.74) is -6.17. The Bertz CT molecular complexity index is 854. The fraction of sp³-hybridized carbons (Fsp3) is 0.200. The normalized spacial score (nSPS) is 13.3. The number of hydrogen-bond acceptors (Lipinski definition) is 5. The molecule has 0 amide bonds. The smallest absolute Gasteiger partial charge is 0.438 e. The van der Waals surface area contributed by atoms with Crippen molar-refractivity contribution in [3.05, 3.63) is 47.3 Å². The number of carbonyl (C=O) groups excluding carboxylic acids is 1. The maximum atomic E-state index is 13.3. The van der Waals surface area contributed by atoms with E-state index in [-0.39, 0.29) is 4.90 Å². The van der Waals surface area contributed by atoms with E-state index in [0.29, 0.717) is 7.11 Å². The van der Waals surface area contributed by atoms with Gasteiger partial charge in [0.2, 0.25) is 10.6 Å². The SMILES string of the molecule is COC(=O)c1c(C(F)(F)F)nc(C(F)(F)F)c([S+]([O-])c2ccccc2)c1O. The molecule has 0 fully saturated rings. The zero-order chi connectivity index (χ0) is 20.6. The largest absolute Gasteiger partial charge is 0.606 e. The Balaban J connectivity index is 2.91. The van der Waals surface area contributed by atoms with Crippen LogP contribution in [0.25, 0.3) is 0 Å². The summed E-state index contributed by atoms with van der Waals surface area (Å²) in [7, 11) is 0.660. The number of pyridine rings is 1. The first kappa shape index (κ1) is 20.8. The van der Waals surface area contributed by atoms with Crippen molar-refractivity contribution >= 4 is 17.1 Å². The van der Waals surface area contributed by atoms with Crippen LogP contribution in [-0.4, -0.2) is 27.7 Å². The Morgan fingerprint density at radius 1 is 1.07 bits per heavy atom. The minimum atomic E-state index is -5.52. The summed E-state index contributed by atoms with van der Waals surface area (Å²) in [6.07, 6.45) is -11.0. The van der Waals surface area contributed by atoms with Crippen LogP contribution >= 0.6 is 0 Å². The standard InChI is InChI=1S/C15H9F6NO4S/c1-26-13(24)8-9(23)10(27(25)7-5-3-2-4-6-7)12(15(19,20)21)22-11(8)14(16,17)18/h2-6H,1H3,(H,22,23). The van der Waals surface area contributed by atoms with Gasteiger partial charge in [-0.2, -0.15) is 26.3 Å². The molecule has 0 saturated carbocycles. The molecule has 0 radical (unpaired) electrons. The van der Waals surface area contributed by atoms with Crippen LogP contribution in [0.2, 0.25) is 0 Å². The zero-order valence-corrected chi connectivity index (χ0v) is 14.0. The summed E-state index contributed by atoms with van der Waals surface area (Å²) in [5, 5.41) is 10.1. The number of aromatic hydroxyl groups is 1. The first-order chi connectivity index (χ1) is 12.4. The fourth-order valence-corrected chi connectivity index (χ4v) is 3.34. The summed E-state index contributed by atoms with van der Waals surface area (Å²) in [6, 6.07) is 6.35.